The Morgan fingerprint density at radius 1 is 0.944 bits per heavy atom. The van der Waals surface area contributed by atoms with E-state index >= 15 is 0 Å². The third kappa shape index (κ3) is 3.88. The summed E-state index contributed by atoms with van der Waals surface area (Å²) in [7, 11) is 15.0. The molecule has 0 aromatic carbocycles. The van der Waals surface area contributed by atoms with Gasteiger partial charge >= 0.3 is 117 Å². The topological polar surface area (TPSA) is 59.5 Å². The number of hydrogen-bond donors (Lipinski definition) is 1. The molecule has 18 heavy (non-hydrogen) atoms. The predicted octanol–water partition coefficient (Wildman–Crippen LogP) is -0.985. The number of hydrogen-bond acceptors (Lipinski definition) is 6. The van der Waals surface area contributed by atoms with Crippen molar-refractivity contribution in [1.29, 1.82) is 0 Å². The Balaban J connectivity index is 5.72. The van der Waals surface area contributed by atoms with Gasteiger partial charge in [0.2, 0.25) is 0 Å². The average Bonchev–Trinajstić information content (AvgIpc) is 2.13. The van der Waals surface area contributed by atoms with Gasteiger partial charge in [-0.25, -0.2) is 0 Å². The fourth-order valence-electron chi connectivity index (χ4n) is 2.36. The molecule has 0 saturated carbocycles. The molecule has 0 radical (unpaired) electrons. The number of likely N-dealkylation sites (N-methyl/N-ethyl adjacent to an activating group) is 4. The van der Waals surface area contributed by atoms with Gasteiger partial charge in [-0.05, 0) is 0 Å². The molecule has 0 spiro atoms. The molecular weight excluding hydrogens is 272 g/mol. The molecule has 0 rings (SSSR count). The molecule has 0 aliphatic carbocycles. The van der Waals surface area contributed by atoms with E-state index in [1.54, 1.807) is 0 Å². The second kappa shape index (κ2) is 7.16. The van der Waals surface area contributed by atoms with Crippen LogP contribution in [0.3, 0.4) is 0 Å². The molecule has 0 heterocycles. The van der Waals surface area contributed by atoms with Crippen molar-refractivity contribution >= 4 is 0 Å². The van der Waals surface area contributed by atoms with Gasteiger partial charge in [0.05, 0.1) is 0 Å². The standard InChI is InChI=1S/C10H25N4O.H2O.O.Ti/c1-11(2)9(12(3)4)10(15,13(5)6)14(7)8;;;/h9H,1-8H3;1H2;;/q-1;;;+2/p-1. The summed E-state index contributed by atoms with van der Waals surface area (Å²) in [6, 6.07) is 0. The quantitative estimate of drug-likeness (QED) is 0.478. The van der Waals surface area contributed by atoms with Gasteiger partial charge in [0.15, 0.2) is 0 Å². The molecule has 108 valence electrons. The summed E-state index contributed by atoms with van der Waals surface area (Å²) in [5.41, 5.74) is 0. The van der Waals surface area contributed by atoms with Crippen LogP contribution in [0.5, 0.6) is 0 Å². The van der Waals surface area contributed by atoms with E-state index in [2.05, 4.69) is 0 Å². The van der Waals surface area contributed by atoms with Crippen LogP contribution >= 0.6 is 0 Å². The van der Waals surface area contributed by atoms with E-state index in [4.69, 9.17) is 3.32 Å². The molecule has 1 N–H and O–H groups in total. The Morgan fingerprint density at radius 2 is 1.28 bits per heavy atom. The molecule has 0 atom stereocenters. The molecule has 7 nitrogen and oxygen atoms in total. The van der Waals surface area contributed by atoms with Crippen LogP contribution in [-0.4, -0.2) is 91.7 Å². The zero-order valence-corrected chi connectivity index (χ0v) is 14.2. The van der Waals surface area contributed by atoms with Crippen LogP contribution in [0.15, 0.2) is 0 Å². The van der Waals surface area contributed by atoms with Crippen LogP contribution in [0, 0.1) is 0 Å². The van der Waals surface area contributed by atoms with Crippen molar-refractivity contribution in [3.8, 4) is 0 Å². The summed E-state index contributed by atoms with van der Waals surface area (Å²) in [6.07, 6.45) is -0.203. The van der Waals surface area contributed by atoms with E-state index < -0.39 is 24.5 Å². The fourth-order valence-corrected chi connectivity index (χ4v) is 3.50. The van der Waals surface area contributed by atoms with Crippen molar-refractivity contribution < 1.29 is 28.9 Å². The average molecular weight is 298 g/mol. The van der Waals surface area contributed by atoms with E-state index in [1.807, 2.05) is 76.0 Å². The van der Waals surface area contributed by atoms with Crippen LogP contribution in [-0.2, 0) is 25.3 Å². The molecule has 8 heteroatoms. The minimum atomic E-state index is -3.70. The molecule has 0 amide bonds. The van der Waals surface area contributed by atoms with Crippen molar-refractivity contribution in [1.82, 2.24) is 19.6 Å². The van der Waals surface area contributed by atoms with Gasteiger partial charge in [-0.2, -0.15) is 0 Å². The SMILES string of the molecule is CN(C)C(N(C)C)C([O][Ti](=[O])[OH])(N(C)C)N(C)C. The summed E-state index contributed by atoms with van der Waals surface area (Å²) in [5.74, 6) is -0.987. The first kappa shape index (κ1) is 18.3. The van der Waals surface area contributed by atoms with Crippen molar-refractivity contribution in [3.05, 3.63) is 0 Å². The summed E-state index contributed by atoms with van der Waals surface area (Å²) in [5, 5.41) is 0. The predicted molar refractivity (Wildman–Crippen MR) is 65.3 cm³/mol. The van der Waals surface area contributed by atoms with E-state index in [-0.39, 0.29) is 6.17 Å². The molecule has 0 aromatic rings. The van der Waals surface area contributed by atoms with E-state index in [0.717, 1.165) is 0 Å². The van der Waals surface area contributed by atoms with E-state index in [9.17, 15) is 7.01 Å². The molecule has 0 fully saturated rings. The van der Waals surface area contributed by atoms with Crippen molar-refractivity contribution in [2.24, 2.45) is 0 Å². The van der Waals surface area contributed by atoms with Crippen LogP contribution < -0.4 is 0 Å². The van der Waals surface area contributed by atoms with Crippen molar-refractivity contribution in [2.75, 3.05) is 56.4 Å². The van der Waals surface area contributed by atoms with Crippen molar-refractivity contribution in [2.45, 2.75) is 12.0 Å². The molecule has 0 aliphatic heterocycles. The van der Waals surface area contributed by atoms with Gasteiger partial charge < -0.3 is 0 Å². The fraction of sp³-hybridized carbons (Fsp3) is 1.00. The Kier molecular flexibility index (Phi) is 7.27. The second-order valence-corrected chi connectivity index (χ2v) is 6.27. The molecule has 0 saturated heterocycles. The van der Waals surface area contributed by atoms with Gasteiger partial charge in [0.25, 0.3) is 0 Å². The van der Waals surface area contributed by atoms with Gasteiger partial charge in [-0.15, -0.1) is 0 Å². The third-order valence-electron chi connectivity index (χ3n) is 2.83. The summed E-state index contributed by atoms with van der Waals surface area (Å²) < 4.78 is 26.1. The van der Waals surface area contributed by atoms with Crippen LogP contribution in [0.2, 0.25) is 0 Å². The maximum atomic E-state index is 11.3. The number of nitrogens with zero attached hydrogens (tertiary/aromatic N) is 4. The monoisotopic (exact) mass is 298 g/mol. The first-order chi connectivity index (χ1) is 8.07. The third-order valence-corrected chi connectivity index (χ3v) is 3.58. The molecule has 0 bridgehead atoms. The normalized spacial score (nSPS) is 13.4. The first-order valence-electron chi connectivity index (χ1n) is 5.67. The minimum absolute atomic E-state index is 0.203. The van der Waals surface area contributed by atoms with E-state index in [0.29, 0.717) is 0 Å². The summed E-state index contributed by atoms with van der Waals surface area (Å²) in [6.45, 7) is 0. The first-order valence-corrected chi connectivity index (χ1v) is 7.64. The Morgan fingerprint density at radius 3 is 1.44 bits per heavy atom. The second-order valence-electron chi connectivity index (χ2n) is 5.12. The van der Waals surface area contributed by atoms with Crippen molar-refractivity contribution in [3.63, 3.8) is 0 Å². The Bertz CT molecular complexity index is 268. The zero-order chi connectivity index (χ0) is 14.7. The molecular formula is C10H26N4O3Ti. The van der Waals surface area contributed by atoms with Gasteiger partial charge in [-0.3, -0.25) is 0 Å². The Labute approximate surface area is 117 Å². The summed E-state index contributed by atoms with van der Waals surface area (Å²) >= 11 is -3.70. The molecule has 0 unspecified atom stereocenters. The van der Waals surface area contributed by atoms with Crippen LogP contribution in [0.1, 0.15) is 0 Å². The van der Waals surface area contributed by atoms with Gasteiger partial charge in [-0.1, -0.05) is 0 Å². The maximum absolute atomic E-state index is 11.3. The Hall–Kier alpha value is 0.274. The molecule has 0 aromatic heterocycles. The van der Waals surface area contributed by atoms with E-state index in [1.165, 1.54) is 0 Å². The number of rotatable bonds is 7. The molecule has 0 aliphatic rings. The van der Waals surface area contributed by atoms with Crippen LogP contribution in [0.25, 0.3) is 0 Å². The van der Waals surface area contributed by atoms with Gasteiger partial charge in [0.1, 0.15) is 0 Å². The zero-order valence-electron chi connectivity index (χ0n) is 12.6. The van der Waals surface area contributed by atoms with Gasteiger partial charge in [0, 0.05) is 0 Å². The summed E-state index contributed by atoms with van der Waals surface area (Å²) in [4.78, 5) is 7.56. The van der Waals surface area contributed by atoms with Crippen LogP contribution in [0.4, 0.5) is 0 Å².